The van der Waals surface area contributed by atoms with Crippen LogP contribution >= 0.6 is 0 Å². The first-order valence-corrected chi connectivity index (χ1v) is 7.61. The lowest BCUT2D eigenvalue weighted by atomic mass is 9.80. The molecule has 2 rings (SSSR count). The third-order valence-corrected chi connectivity index (χ3v) is 4.18. The molecule has 0 unspecified atom stereocenters. The van der Waals surface area contributed by atoms with Crippen LogP contribution in [0.5, 0.6) is 0 Å². The highest BCUT2D eigenvalue weighted by Crippen LogP contribution is 2.28. The zero-order valence-corrected chi connectivity index (χ0v) is 12.3. The molecule has 0 radical (unpaired) electrons. The summed E-state index contributed by atoms with van der Waals surface area (Å²) in [5, 5.41) is 2.96. The quantitative estimate of drug-likeness (QED) is 0.866. The van der Waals surface area contributed by atoms with Crippen LogP contribution in [0.25, 0.3) is 0 Å². The summed E-state index contributed by atoms with van der Waals surface area (Å²) in [5.74, 6) is 0.0436. The van der Waals surface area contributed by atoms with Crippen LogP contribution < -0.4 is 11.1 Å². The average molecular weight is 275 g/mol. The van der Waals surface area contributed by atoms with E-state index in [-0.39, 0.29) is 11.4 Å². The minimum atomic E-state index is -0.292. The summed E-state index contributed by atoms with van der Waals surface area (Å²) in [6.07, 6.45) is 8.59. The molecular weight excluding hydrogens is 250 g/mol. The summed E-state index contributed by atoms with van der Waals surface area (Å²) in [7, 11) is 0. The number of aromatic nitrogens is 1. The first-order valence-electron chi connectivity index (χ1n) is 7.61. The molecule has 4 heteroatoms. The van der Waals surface area contributed by atoms with Crippen LogP contribution in [-0.2, 0) is 17.8 Å². The standard InChI is InChI=1S/C16H25N3O/c1-2-13-7-6-10-18-14(13)12-19-15(20)11-16(17)8-4-3-5-9-16/h6-7,10H,2-5,8-9,11-12,17H2,1H3,(H,19,20). The topological polar surface area (TPSA) is 68.0 Å². The van der Waals surface area contributed by atoms with Crippen LogP contribution in [0.4, 0.5) is 0 Å². The van der Waals surface area contributed by atoms with Gasteiger partial charge in [-0.3, -0.25) is 9.78 Å². The molecule has 0 aliphatic heterocycles. The highest BCUT2D eigenvalue weighted by molar-refractivity contribution is 5.77. The molecule has 1 aliphatic carbocycles. The molecule has 0 bridgehead atoms. The first kappa shape index (κ1) is 15.0. The van der Waals surface area contributed by atoms with Gasteiger partial charge in [-0.1, -0.05) is 32.3 Å². The van der Waals surface area contributed by atoms with Crippen molar-refractivity contribution in [2.75, 3.05) is 0 Å². The van der Waals surface area contributed by atoms with Gasteiger partial charge in [-0.05, 0) is 30.9 Å². The molecule has 1 aromatic heterocycles. The van der Waals surface area contributed by atoms with Crippen molar-refractivity contribution in [1.29, 1.82) is 0 Å². The summed E-state index contributed by atoms with van der Waals surface area (Å²) in [5.41, 5.74) is 8.16. The maximum absolute atomic E-state index is 12.1. The van der Waals surface area contributed by atoms with E-state index in [1.165, 1.54) is 12.0 Å². The second-order valence-corrected chi connectivity index (χ2v) is 5.84. The van der Waals surface area contributed by atoms with Crippen molar-refractivity contribution < 1.29 is 4.79 Å². The summed E-state index contributed by atoms with van der Waals surface area (Å²) in [4.78, 5) is 16.4. The predicted octanol–water partition coefficient (Wildman–Crippen LogP) is 2.31. The number of aryl methyl sites for hydroxylation is 1. The number of hydrogen-bond acceptors (Lipinski definition) is 3. The Balaban J connectivity index is 1.85. The lowest BCUT2D eigenvalue weighted by Crippen LogP contribution is -2.45. The fourth-order valence-electron chi connectivity index (χ4n) is 2.95. The van der Waals surface area contributed by atoms with E-state index in [0.29, 0.717) is 13.0 Å². The minimum absolute atomic E-state index is 0.0436. The van der Waals surface area contributed by atoms with Gasteiger partial charge in [0.2, 0.25) is 5.91 Å². The molecule has 3 N–H and O–H groups in total. The van der Waals surface area contributed by atoms with Crippen molar-refractivity contribution in [2.45, 2.75) is 64.0 Å². The van der Waals surface area contributed by atoms with E-state index in [0.717, 1.165) is 37.8 Å². The zero-order chi connectivity index (χ0) is 14.4. The number of carbonyl (C=O) groups is 1. The second kappa shape index (κ2) is 6.84. The predicted molar refractivity (Wildman–Crippen MR) is 80.1 cm³/mol. The number of nitrogens with one attached hydrogen (secondary N) is 1. The second-order valence-electron chi connectivity index (χ2n) is 5.84. The fourth-order valence-corrected chi connectivity index (χ4v) is 2.95. The third kappa shape index (κ3) is 4.04. The lowest BCUT2D eigenvalue weighted by Gasteiger charge is -2.32. The molecule has 4 nitrogen and oxygen atoms in total. The maximum Gasteiger partial charge on any atom is 0.222 e. The summed E-state index contributed by atoms with van der Waals surface area (Å²) < 4.78 is 0. The Kier molecular flexibility index (Phi) is 5.12. The van der Waals surface area contributed by atoms with Gasteiger partial charge in [0, 0.05) is 18.2 Å². The Bertz CT molecular complexity index is 453. The monoisotopic (exact) mass is 275 g/mol. The van der Waals surface area contributed by atoms with Gasteiger partial charge in [-0.25, -0.2) is 0 Å². The van der Waals surface area contributed by atoms with Crippen LogP contribution in [0.15, 0.2) is 18.3 Å². The van der Waals surface area contributed by atoms with E-state index < -0.39 is 0 Å². The van der Waals surface area contributed by atoms with Crippen molar-refractivity contribution in [2.24, 2.45) is 5.73 Å². The molecular formula is C16H25N3O. The van der Waals surface area contributed by atoms with Crippen molar-refractivity contribution in [3.05, 3.63) is 29.6 Å². The molecule has 0 atom stereocenters. The van der Waals surface area contributed by atoms with Crippen LogP contribution in [0, 0.1) is 0 Å². The SMILES string of the molecule is CCc1cccnc1CNC(=O)CC1(N)CCCCC1. The molecule has 1 heterocycles. The molecule has 0 spiro atoms. The van der Waals surface area contributed by atoms with Gasteiger partial charge < -0.3 is 11.1 Å². The minimum Gasteiger partial charge on any atom is -0.350 e. The van der Waals surface area contributed by atoms with E-state index in [2.05, 4.69) is 23.3 Å². The van der Waals surface area contributed by atoms with Gasteiger partial charge in [-0.15, -0.1) is 0 Å². The number of pyridine rings is 1. The summed E-state index contributed by atoms with van der Waals surface area (Å²) in [6, 6.07) is 3.99. The molecule has 1 fully saturated rings. The van der Waals surface area contributed by atoms with Crippen LogP contribution in [-0.4, -0.2) is 16.4 Å². The van der Waals surface area contributed by atoms with Crippen LogP contribution in [0.3, 0.4) is 0 Å². The Morgan fingerprint density at radius 1 is 1.40 bits per heavy atom. The maximum atomic E-state index is 12.1. The molecule has 1 aliphatic rings. The normalized spacial score (nSPS) is 17.7. The molecule has 1 saturated carbocycles. The molecule has 0 aromatic carbocycles. The third-order valence-electron chi connectivity index (χ3n) is 4.18. The molecule has 1 amide bonds. The number of nitrogens with two attached hydrogens (primary N) is 1. The summed E-state index contributed by atoms with van der Waals surface area (Å²) >= 11 is 0. The molecule has 20 heavy (non-hydrogen) atoms. The van der Waals surface area contributed by atoms with Crippen molar-refractivity contribution in [1.82, 2.24) is 10.3 Å². The van der Waals surface area contributed by atoms with E-state index in [1.807, 2.05) is 6.07 Å². The van der Waals surface area contributed by atoms with E-state index in [4.69, 9.17) is 5.73 Å². The molecule has 110 valence electrons. The number of carbonyl (C=O) groups excluding carboxylic acids is 1. The highest BCUT2D eigenvalue weighted by Gasteiger charge is 2.29. The van der Waals surface area contributed by atoms with E-state index >= 15 is 0 Å². The summed E-state index contributed by atoms with van der Waals surface area (Å²) in [6.45, 7) is 2.60. The molecule has 1 aromatic rings. The van der Waals surface area contributed by atoms with Crippen LogP contribution in [0.1, 0.15) is 56.7 Å². The number of amides is 1. The first-order chi connectivity index (χ1) is 9.63. The lowest BCUT2D eigenvalue weighted by molar-refractivity contribution is -0.122. The van der Waals surface area contributed by atoms with Crippen molar-refractivity contribution >= 4 is 5.91 Å². The zero-order valence-electron chi connectivity index (χ0n) is 12.3. The Labute approximate surface area is 121 Å². The van der Waals surface area contributed by atoms with Gasteiger partial charge in [0.1, 0.15) is 0 Å². The van der Waals surface area contributed by atoms with Gasteiger partial charge in [0.15, 0.2) is 0 Å². The van der Waals surface area contributed by atoms with Gasteiger partial charge >= 0.3 is 0 Å². The largest absolute Gasteiger partial charge is 0.350 e. The van der Waals surface area contributed by atoms with Gasteiger partial charge in [-0.2, -0.15) is 0 Å². The Morgan fingerprint density at radius 3 is 2.85 bits per heavy atom. The Morgan fingerprint density at radius 2 is 2.15 bits per heavy atom. The van der Waals surface area contributed by atoms with E-state index in [9.17, 15) is 4.79 Å². The fraction of sp³-hybridized carbons (Fsp3) is 0.625. The average Bonchev–Trinajstić information content (AvgIpc) is 2.45. The highest BCUT2D eigenvalue weighted by atomic mass is 16.1. The van der Waals surface area contributed by atoms with Crippen LogP contribution in [0.2, 0.25) is 0 Å². The van der Waals surface area contributed by atoms with Gasteiger partial charge in [0.25, 0.3) is 0 Å². The van der Waals surface area contributed by atoms with E-state index in [1.54, 1.807) is 6.20 Å². The Hall–Kier alpha value is -1.42. The number of rotatable bonds is 5. The smallest absolute Gasteiger partial charge is 0.222 e. The molecule has 0 saturated heterocycles. The van der Waals surface area contributed by atoms with Crippen molar-refractivity contribution in [3.63, 3.8) is 0 Å². The number of hydrogen-bond donors (Lipinski definition) is 2. The van der Waals surface area contributed by atoms with Gasteiger partial charge in [0.05, 0.1) is 12.2 Å². The van der Waals surface area contributed by atoms with Crippen molar-refractivity contribution in [3.8, 4) is 0 Å². The number of nitrogens with zero attached hydrogens (tertiary/aromatic N) is 1.